The number of hydrogen-bond donors (Lipinski definition) is 1. The third kappa shape index (κ3) is 2.53. The highest BCUT2D eigenvalue weighted by Crippen LogP contribution is 2.26. The second-order valence-corrected chi connectivity index (χ2v) is 3.49. The van der Waals surface area contributed by atoms with Gasteiger partial charge in [0, 0.05) is 0 Å². The molecule has 0 aliphatic carbocycles. The van der Waals surface area contributed by atoms with Crippen molar-refractivity contribution in [2.24, 2.45) is 0 Å². The van der Waals surface area contributed by atoms with E-state index in [2.05, 4.69) is 0 Å². The van der Waals surface area contributed by atoms with Gasteiger partial charge in [-0.15, -0.1) is 0 Å². The number of benzene rings is 2. The van der Waals surface area contributed by atoms with Crippen LogP contribution in [-0.2, 0) is 6.61 Å². The molecule has 0 radical (unpaired) electrons. The molecule has 0 atom stereocenters. The molecule has 0 aliphatic heterocycles. The second-order valence-electron chi connectivity index (χ2n) is 3.49. The van der Waals surface area contributed by atoms with E-state index in [0.29, 0.717) is 0 Å². The Morgan fingerprint density at radius 2 is 1.65 bits per heavy atom. The summed E-state index contributed by atoms with van der Waals surface area (Å²) in [6.45, 7) is 0.141. The largest absolute Gasteiger partial charge is 0.505 e. The van der Waals surface area contributed by atoms with Crippen molar-refractivity contribution in [3.63, 3.8) is 0 Å². The molecule has 2 aromatic carbocycles. The van der Waals surface area contributed by atoms with Crippen molar-refractivity contribution in [3.05, 3.63) is 59.7 Å². The van der Waals surface area contributed by atoms with E-state index in [1.54, 1.807) is 0 Å². The first-order chi connectivity index (χ1) is 8.18. The lowest BCUT2D eigenvalue weighted by Crippen LogP contribution is -1.98. The van der Waals surface area contributed by atoms with E-state index >= 15 is 0 Å². The summed E-state index contributed by atoms with van der Waals surface area (Å²) in [7, 11) is 0. The van der Waals surface area contributed by atoms with Crippen LogP contribution >= 0.6 is 0 Å². The summed E-state index contributed by atoms with van der Waals surface area (Å²) in [6.07, 6.45) is 0. The monoisotopic (exact) mass is 236 g/mol. The maximum Gasteiger partial charge on any atom is 0.204 e. The van der Waals surface area contributed by atoms with Crippen molar-refractivity contribution in [1.82, 2.24) is 0 Å². The van der Waals surface area contributed by atoms with Crippen LogP contribution in [0.25, 0.3) is 0 Å². The summed E-state index contributed by atoms with van der Waals surface area (Å²) in [4.78, 5) is 0. The molecule has 0 spiro atoms. The molecule has 0 amide bonds. The molecule has 0 bridgehead atoms. The van der Waals surface area contributed by atoms with E-state index in [1.807, 2.05) is 30.3 Å². The first-order valence-electron chi connectivity index (χ1n) is 5.02. The van der Waals surface area contributed by atoms with E-state index < -0.39 is 17.4 Å². The molecule has 2 nitrogen and oxygen atoms in total. The van der Waals surface area contributed by atoms with E-state index in [9.17, 15) is 8.78 Å². The number of phenolic OH excluding ortho intramolecular Hbond substituents is 1. The predicted molar refractivity (Wildman–Crippen MR) is 58.8 cm³/mol. The van der Waals surface area contributed by atoms with Crippen LogP contribution in [0.4, 0.5) is 8.78 Å². The Kier molecular flexibility index (Phi) is 3.23. The third-order valence-electron chi connectivity index (χ3n) is 2.26. The summed E-state index contributed by atoms with van der Waals surface area (Å²) in [5, 5.41) is 8.94. The number of hydrogen-bond acceptors (Lipinski definition) is 2. The Morgan fingerprint density at radius 1 is 0.941 bits per heavy atom. The van der Waals surface area contributed by atoms with Gasteiger partial charge >= 0.3 is 0 Å². The number of phenols is 1. The summed E-state index contributed by atoms with van der Waals surface area (Å²) in [5.74, 6) is -3.42. The summed E-state index contributed by atoms with van der Waals surface area (Å²) >= 11 is 0. The maximum atomic E-state index is 13.3. The molecular weight excluding hydrogens is 226 g/mol. The van der Waals surface area contributed by atoms with Crippen LogP contribution in [0.2, 0.25) is 0 Å². The number of rotatable bonds is 3. The van der Waals surface area contributed by atoms with Crippen LogP contribution in [0.5, 0.6) is 11.5 Å². The Morgan fingerprint density at radius 3 is 2.35 bits per heavy atom. The molecule has 1 N–H and O–H groups in total. The van der Waals surface area contributed by atoms with Crippen LogP contribution < -0.4 is 4.74 Å². The molecule has 0 fully saturated rings. The molecule has 2 aromatic rings. The van der Waals surface area contributed by atoms with Gasteiger partial charge in [0.1, 0.15) is 6.61 Å². The number of halogens is 2. The molecular formula is C13H10F2O2. The van der Waals surface area contributed by atoms with Gasteiger partial charge in [0.25, 0.3) is 0 Å². The summed E-state index contributed by atoms with van der Waals surface area (Å²) < 4.78 is 31.4. The zero-order chi connectivity index (χ0) is 12.3. The average Bonchev–Trinajstić information content (AvgIpc) is 2.36. The van der Waals surface area contributed by atoms with Gasteiger partial charge in [-0.2, -0.15) is 8.78 Å². The minimum absolute atomic E-state index is 0.141. The lowest BCUT2D eigenvalue weighted by atomic mass is 10.2. The fourth-order valence-electron chi connectivity index (χ4n) is 1.37. The minimum Gasteiger partial charge on any atom is -0.505 e. The predicted octanol–water partition coefficient (Wildman–Crippen LogP) is 3.25. The van der Waals surface area contributed by atoms with Crippen molar-refractivity contribution in [1.29, 1.82) is 0 Å². The van der Waals surface area contributed by atoms with Gasteiger partial charge in [0.15, 0.2) is 11.5 Å². The standard InChI is InChI=1S/C13H10F2O2/c14-12-10(16)6-7-11(13(12)15)17-8-9-4-2-1-3-5-9/h1-7,16H,8H2. The molecule has 0 aliphatic rings. The Hall–Kier alpha value is -2.10. The normalized spacial score (nSPS) is 10.2. The van der Waals surface area contributed by atoms with Gasteiger partial charge in [-0.25, -0.2) is 0 Å². The lowest BCUT2D eigenvalue weighted by molar-refractivity contribution is 0.281. The van der Waals surface area contributed by atoms with Crippen molar-refractivity contribution in [3.8, 4) is 11.5 Å². The van der Waals surface area contributed by atoms with Crippen LogP contribution in [0.15, 0.2) is 42.5 Å². The summed E-state index contributed by atoms with van der Waals surface area (Å²) in [5.41, 5.74) is 0.848. The zero-order valence-electron chi connectivity index (χ0n) is 8.86. The highest BCUT2D eigenvalue weighted by atomic mass is 19.2. The van der Waals surface area contributed by atoms with Crippen LogP contribution in [0.1, 0.15) is 5.56 Å². The van der Waals surface area contributed by atoms with E-state index in [4.69, 9.17) is 9.84 Å². The topological polar surface area (TPSA) is 29.5 Å². The molecule has 0 saturated carbocycles. The Labute approximate surface area is 97.1 Å². The highest BCUT2D eigenvalue weighted by Gasteiger charge is 2.13. The molecule has 0 saturated heterocycles. The van der Waals surface area contributed by atoms with Gasteiger partial charge in [0.2, 0.25) is 11.6 Å². The zero-order valence-corrected chi connectivity index (χ0v) is 8.86. The van der Waals surface area contributed by atoms with Crippen molar-refractivity contribution in [2.45, 2.75) is 6.61 Å². The Balaban J connectivity index is 2.13. The molecule has 0 aromatic heterocycles. The van der Waals surface area contributed by atoms with Gasteiger partial charge < -0.3 is 9.84 Å². The fraction of sp³-hybridized carbons (Fsp3) is 0.0769. The van der Waals surface area contributed by atoms with Crippen LogP contribution in [0, 0.1) is 11.6 Å². The van der Waals surface area contributed by atoms with E-state index in [-0.39, 0.29) is 12.4 Å². The average molecular weight is 236 g/mol. The molecule has 4 heteroatoms. The van der Waals surface area contributed by atoms with Crippen LogP contribution in [-0.4, -0.2) is 5.11 Å². The molecule has 88 valence electrons. The van der Waals surface area contributed by atoms with Crippen molar-refractivity contribution >= 4 is 0 Å². The van der Waals surface area contributed by atoms with Crippen molar-refractivity contribution < 1.29 is 18.6 Å². The first-order valence-corrected chi connectivity index (χ1v) is 5.02. The van der Waals surface area contributed by atoms with Gasteiger partial charge in [-0.05, 0) is 17.7 Å². The lowest BCUT2D eigenvalue weighted by Gasteiger charge is -2.08. The van der Waals surface area contributed by atoms with Crippen LogP contribution in [0.3, 0.4) is 0 Å². The molecule has 0 heterocycles. The van der Waals surface area contributed by atoms with Gasteiger partial charge in [0.05, 0.1) is 0 Å². The van der Waals surface area contributed by atoms with Crippen molar-refractivity contribution in [2.75, 3.05) is 0 Å². The highest BCUT2D eigenvalue weighted by molar-refractivity contribution is 5.34. The SMILES string of the molecule is Oc1ccc(OCc2ccccc2)c(F)c1F. The molecule has 17 heavy (non-hydrogen) atoms. The second kappa shape index (κ2) is 4.82. The summed E-state index contributed by atoms with van der Waals surface area (Å²) in [6, 6.07) is 11.4. The van der Waals surface area contributed by atoms with Gasteiger partial charge in [-0.1, -0.05) is 30.3 Å². The fourth-order valence-corrected chi connectivity index (χ4v) is 1.37. The maximum absolute atomic E-state index is 13.3. The number of aromatic hydroxyl groups is 1. The molecule has 0 unspecified atom stereocenters. The molecule has 2 rings (SSSR count). The smallest absolute Gasteiger partial charge is 0.204 e. The number of ether oxygens (including phenoxy) is 1. The first kappa shape index (κ1) is 11.4. The van der Waals surface area contributed by atoms with E-state index in [1.165, 1.54) is 6.07 Å². The minimum atomic E-state index is -1.30. The van der Waals surface area contributed by atoms with Gasteiger partial charge in [-0.3, -0.25) is 0 Å². The third-order valence-corrected chi connectivity index (χ3v) is 2.26. The van der Waals surface area contributed by atoms with E-state index in [0.717, 1.165) is 11.6 Å². The Bertz CT molecular complexity index is 512. The quantitative estimate of drug-likeness (QED) is 0.886.